The van der Waals surface area contributed by atoms with Gasteiger partial charge in [-0.2, -0.15) is 0 Å². The lowest BCUT2D eigenvalue weighted by Gasteiger charge is -2.15. The molecule has 1 rings (SSSR count). The van der Waals surface area contributed by atoms with E-state index in [0.717, 1.165) is 5.56 Å². The third-order valence-electron chi connectivity index (χ3n) is 2.80. The van der Waals surface area contributed by atoms with Crippen molar-refractivity contribution in [3.63, 3.8) is 0 Å². The molecule has 0 aromatic heterocycles. The minimum absolute atomic E-state index is 0.0806. The smallest absolute Gasteiger partial charge is 0.258 e. The molecule has 0 heterocycles. The van der Waals surface area contributed by atoms with Gasteiger partial charge in [0.15, 0.2) is 6.61 Å². The second kappa shape index (κ2) is 7.76. The van der Waals surface area contributed by atoms with Crippen LogP contribution in [0.1, 0.15) is 11.1 Å². The van der Waals surface area contributed by atoms with Gasteiger partial charge in [-0.05, 0) is 37.1 Å². The Morgan fingerprint density at radius 2 is 2.11 bits per heavy atom. The lowest BCUT2D eigenvalue weighted by atomic mass is 10.1. The van der Waals surface area contributed by atoms with E-state index >= 15 is 0 Å². The maximum atomic E-state index is 11.6. The number of hydrogen-bond donors (Lipinski definition) is 2. The molecule has 2 N–H and O–H groups in total. The number of ether oxygens (including phenoxy) is 2. The number of aryl methyl sites for hydroxylation is 2. The van der Waals surface area contributed by atoms with Crippen LogP contribution in [0.25, 0.3) is 0 Å². The average Bonchev–Trinajstić information content (AvgIpc) is 2.39. The zero-order valence-electron chi connectivity index (χ0n) is 11.6. The van der Waals surface area contributed by atoms with E-state index in [0.29, 0.717) is 5.75 Å². The SMILES string of the molecule is COCC(CO)NC(=O)COc1ccc(C)c(C)c1. The van der Waals surface area contributed by atoms with E-state index in [9.17, 15) is 4.79 Å². The molecule has 0 fully saturated rings. The molecule has 1 aromatic carbocycles. The fraction of sp³-hybridized carbons (Fsp3) is 0.500. The van der Waals surface area contributed by atoms with Crippen molar-refractivity contribution < 1.29 is 19.4 Å². The van der Waals surface area contributed by atoms with Crippen molar-refractivity contribution in [2.24, 2.45) is 0 Å². The van der Waals surface area contributed by atoms with Crippen LogP contribution in [-0.4, -0.2) is 44.0 Å². The van der Waals surface area contributed by atoms with E-state index in [1.54, 1.807) is 0 Å². The predicted octanol–water partition coefficient (Wildman–Crippen LogP) is 0.806. The molecule has 0 saturated heterocycles. The van der Waals surface area contributed by atoms with Crippen molar-refractivity contribution >= 4 is 5.91 Å². The van der Waals surface area contributed by atoms with Crippen LogP contribution < -0.4 is 10.1 Å². The highest BCUT2D eigenvalue weighted by atomic mass is 16.5. The molecular weight excluding hydrogens is 246 g/mol. The van der Waals surface area contributed by atoms with Crippen molar-refractivity contribution in [2.45, 2.75) is 19.9 Å². The van der Waals surface area contributed by atoms with Crippen LogP contribution in [0.2, 0.25) is 0 Å². The van der Waals surface area contributed by atoms with Crippen LogP contribution in [0.4, 0.5) is 0 Å². The number of nitrogens with one attached hydrogen (secondary N) is 1. The number of aliphatic hydroxyl groups excluding tert-OH is 1. The molecule has 0 saturated carbocycles. The number of aliphatic hydroxyl groups is 1. The fourth-order valence-corrected chi connectivity index (χ4v) is 1.56. The molecule has 106 valence electrons. The molecule has 1 amide bonds. The topological polar surface area (TPSA) is 67.8 Å². The largest absolute Gasteiger partial charge is 0.484 e. The standard InChI is InChI=1S/C14H21NO4/c1-10-4-5-13(6-11(10)2)19-9-14(17)15-12(7-16)8-18-3/h4-6,12,16H,7-9H2,1-3H3,(H,15,17). The van der Waals surface area contributed by atoms with Gasteiger partial charge in [0.2, 0.25) is 0 Å². The van der Waals surface area contributed by atoms with Crippen LogP contribution in [0, 0.1) is 13.8 Å². The van der Waals surface area contributed by atoms with E-state index in [1.807, 2.05) is 32.0 Å². The number of carbonyl (C=O) groups is 1. The molecule has 1 unspecified atom stereocenters. The number of rotatable bonds is 7. The van der Waals surface area contributed by atoms with Gasteiger partial charge in [-0.3, -0.25) is 4.79 Å². The van der Waals surface area contributed by atoms with Crippen molar-refractivity contribution in [1.29, 1.82) is 0 Å². The molecule has 1 aromatic rings. The summed E-state index contributed by atoms with van der Waals surface area (Å²) in [6.45, 7) is 4.03. The molecule has 0 spiro atoms. The van der Waals surface area contributed by atoms with Crippen LogP contribution >= 0.6 is 0 Å². The van der Waals surface area contributed by atoms with Crippen molar-refractivity contribution in [1.82, 2.24) is 5.32 Å². The maximum Gasteiger partial charge on any atom is 0.258 e. The third kappa shape index (κ3) is 5.28. The molecule has 19 heavy (non-hydrogen) atoms. The molecule has 0 aliphatic heterocycles. The minimum atomic E-state index is -0.402. The Hall–Kier alpha value is -1.59. The summed E-state index contributed by atoms with van der Waals surface area (Å²) in [7, 11) is 1.51. The van der Waals surface area contributed by atoms with Gasteiger partial charge in [-0.25, -0.2) is 0 Å². The highest BCUT2D eigenvalue weighted by Crippen LogP contribution is 2.16. The maximum absolute atomic E-state index is 11.6. The zero-order valence-corrected chi connectivity index (χ0v) is 11.6. The Bertz CT molecular complexity index is 420. The molecule has 0 radical (unpaired) electrons. The highest BCUT2D eigenvalue weighted by molar-refractivity contribution is 5.77. The van der Waals surface area contributed by atoms with E-state index in [-0.39, 0.29) is 25.7 Å². The van der Waals surface area contributed by atoms with Crippen LogP contribution in [-0.2, 0) is 9.53 Å². The normalized spacial score (nSPS) is 12.0. The van der Waals surface area contributed by atoms with Gasteiger partial charge >= 0.3 is 0 Å². The first kappa shape index (κ1) is 15.5. The van der Waals surface area contributed by atoms with Crippen LogP contribution in [0.15, 0.2) is 18.2 Å². The monoisotopic (exact) mass is 267 g/mol. The fourth-order valence-electron chi connectivity index (χ4n) is 1.56. The summed E-state index contributed by atoms with van der Waals surface area (Å²) in [5.41, 5.74) is 2.29. The summed E-state index contributed by atoms with van der Waals surface area (Å²) in [6.07, 6.45) is 0. The Balaban J connectivity index is 2.43. The molecule has 1 atom stereocenters. The van der Waals surface area contributed by atoms with E-state index in [2.05, 4.69) is 5.32 Å². The molecular formula is C14H21NO4. The molecule has 0 aliphatic carbocycles. The summed E-state index contributed by atoms with van der Waals surface area (Å²) in [6, 6.07) is 5.26. The van der Waals surface area contributed by atoms with Gasteiger partial charge in [-0.1, -0.05) is 6.07 Å². The van der Waals surface area contributed by atoms with Crippen LogP contribution in [0.5, 0.6) is 5.75 Å². The van der Waals surface area contributed by atoms with E-state index in [1.165, 1.54) is 12.7 Å². The Morgan fingerprint density at radius 1 is 1.37 bits per heavy atom. The van der Waals surface area contributed by atoms with Gasteiger partial charge < -0.3 is 19.9 Å². The second-order valence-electron chi connectivity index (χ2n) is 4.44. The second-order valence-corrected chi connectivity index (χ2v) is 4.44. The van der Waals surface area contributed by atoms with Gasteiger partial charge in [-0.15, -0.1) is 0 Å². The molecule has 5 heteroatoms. The highest BCUT2D eigenvalue weighted by Gasteiger charge is 2.11. The summed E-state index contributed by atoms with van der Waals surface area (Å²) >= 11 is 0. The third-order valence-corrected chi connectivity index (χ3v) is 2.80. The lowest BCUT2D eigenvalue weighted by molar-refractivity contribution is -0.124. The first-order chi connectivity index (χ1) is 9.06. The van der Waals surface area contributed by atoms with Gasteiger partial charge in [0.1, 0.15) is 5.75 Å². The van der Waals surface area contributed by atoms with E-state index in [4.69, 9.17) is 14.6 Å². The first-order valence-corrected chi connectivity index (χ1v) is 6.16. The number of amides is 1. The Kier molecular flexibility index (Phi) is 6.32. The van der Waals surface area contributed by atoms with E-state index < -0.39 is 6.04 Å². The average molecular weight is 267 g/mol. The zero-order chi connectivity index (χ0) is 14.3. The van der Waals surface area contributed by atoms with Gasteiger partial charge in [0, 0.05) is 7.11 Å². The Labute approximate surface area is 113 Å². The summed E-state index contributed by atoms with van der Waals surface area (Å²) in [4.78, 5) is 11.6. The number of carbonyl (C=O) groups excluding carboxylic acids is 1. The van der Waals surface area contributed by atoms with Crippen molar-refractivity contribution in [3.05, 3.63) is 29.3 Å². The van der Waals surface area contributed by atoms with Crippen LogP contribution in [0.3, 0.4) is 0 Å². The van der Waals surface area contributed by atoms with Crippen molar-refractivity contribution in [2.75, 3.05) is 26.9 Å². The van der Waals surface area contributed by atoms with Crippen molar-refractivity contribution in [3.8, 4) is 5.75 Å². The summed E-state index contributed by atoms with van der Waals surface area (Å²) in [5.74, 6) is 0.375. The lowest BCUT2D eigenvalue weighted by Crippen LogP contribution is -2.42. The van der Waals surface area contributed by atoms with Gasteiger partial charge in [0.25, 0.3) is 5.91 Å². The summed E-state index contributed by atoms with van der Waals surface area (Å²) < 4.78 is 10.3. The number of methoxy groups -OCH3 is 1. The molecule has 0 aliphatic rings. The Morgan fingerprint density at radius 3 is 2.68 bits per heavy atom. The number of hydrogen-bond acceptors (Lipinski definition) is 4. The first-order valence-electron chi connectivity index (χ1n) is 6.16. The minimum Gasteiger partial charge on any atom is -0.484 e. The van der Waals surface area contributed by atoms with Gasteiger partial charge in [0.05, 0.1) is 19.3 Å². The number of benzene rings is 1. The quantitative estimate of drug-likeness (QED) is 0.767. The molecule has 5 nitrogen and oxygen atoms in total. The predicted molar refractivity (Wildman–Crippen MR) is 72.3 cm³/mol. The molecule has 0 bridgehead atoms. The summed E-state index contributed by atoms with van der Waals surface area (Å²) in [5, 5.41) is 11.6.